The number of carboxylic acids is 2. The van der Waals surface area contributed by atoms with Crippen molar-refractivity contribution in [2.75, 3.05) is 26.2 Å². The summed E-state index contributed by atoms with van der Waals surface area (Å²) >= 11 is 0. The van der Waals surface area contributed by atoms with Gasteiger partial charge in [-0.3, -0.25) is 14.4 Å². The molecule has 0 aliphatic carbocycles. The Hall–Kier alpha value is -1.63. The molecule has 0 spiro atoms. The van der Waals surface area contributed by atoms with Gasteiger partial charge in [-0.05, 0) is 13.0 Å². The molecule has 0 bridgehead atoms. The molecule has 0 saturated carbocycles. The van der Waals surface area contributed by atoms with Gasteiger partial charge in [-0.1, -0.05) is 0 Å². The minimum absolute atomic E-state index is 0.307. The Labute approximate surface area is 92.0 Å². The van der Waals surface area contributed by atoms with Crippen molar-refractivity contribution in [3.63, 3.8) is 0 Å². The number of hydrogen-bond acceptors (Lipinski definition) is 4. The largest absolute Gasteiger partial charge is 0.480 e. The third-order valence-electron chi connectivity index (χ3n) is 2.37. The predicted octanol–water partition coefficient (Wildman–Crippen LogP) is -1.41. The second kappa shape index (κ2) is 5.45. The van der Waals surface area contributed by atoms with Gasteiger partial charge in [0.15, 0.2) is 0 Å². The fourth-order valence-electron chi connectivity index (χ4n) is 1.66. The Kier molecular flexibility index (Phi) is 4.24. The molecule has 1 fully saturated rings. The lowest BCUT2D eigenvalue weighted by Crippen LogP contribution is -2.43. The van der Waals surface area contributed by atoms with Crippen molar-refractivity contribution in [3.8, 4) is 0 Å². The van der Waals surface area contributed by atoms with Gasteiger partial charge in [-0.2, -0.15) is 0 Å². The molecule has 1 aliphatic rings. The van der Waals surface area contributed by atoms with E-state index in [0.717, 1.165) is 4.90 Å². The van der Waals surface area contributed by atoms with Crippen LogP contribution >= 0.6 is 0 Å². The van der Waals surface area contributed by atoms with E-state index in [2.05, 4.69) is 5.32 Å². The van der Waals surface area contributed by atoms with Gasteiger partial charge in [-0.15, -0.1) is 0 Å². The zero-order valence-electron chi connectivity index (χ0n) is 8.68. The quantitative estimate of drug-likeness (QED) is 0.536. The Morgan fingerprint density at radius 1 is 1.19 bits per heavy atom. The molecular weight excluding hydrogens is 216 g/mol. The SMILES string of the molecule is O=C(O)CN(CC(=O)O)C(=O)C1CCNC1. The predicted molar refractivity (Wildman–Crippen MR) is 52.8 cm³/mol. The summed E-state index contributed by atoms with van der Waals surface area (Å²) in [6.45, 7) is 0.0439. The highest BCUT2D eigenvalue weighted by Crippen LogP contribution is 2.11. The first-order valence-corrected chi connectivity index (χ1v) is 4.94. The van der Waals surface area contributed by atoms with Gasteiger partial charge < -0.3 is 20.4 Å². The van der Waals surface area contributed by atoms with Gasteiger partial charge in [0.25, 0.3) is 0 Å². The normalized spacial score (nSPS) is 19.4. The van der Waals surface area contributed by atoms with Crippen LogP contribution in [0.5, 0.6) is 0 Å². The van der Waals surface area contributed by atoms with Gasteiger partial charge in [0, 0.05) is 6.54 Å². The van der Waals surface area contributed by atoms with E-state index in [4.69, 9.17) is 10.2 Å². The van der Waals surface area contributed by atoms with Gasteiger partial charge in [0.2, 0.25) is 5.91 Å². The molecule has 1 atom stereocenters. The van der Waals surface area contributed by atoms with E-state index in [1.165, 1.54) is 0 Å². The minimum Gasteiger partial charge on any atom is -0.480 e. The summed E-state index contributed by atoms with van der Waals surface area (Å²) in [6.07, 6.45) is 0.620. The van der Waals surface area contributed by atoms with Crippen molar-refractivity contribution in [1.82, 2.24) is 10.2 Å². The first kappa shape index (κ1) is 12.4. The summed E-state index contributed by atoms with van der Waals surface area (Å²) in [4.78, 5) is 33.7. The number of carbonyl (C=O) groups is 3. The summed E-state index contributed by atoms with van der Waals surface area (Å²) in [7, 11) is 0. The zero-order chi connectivity index (χ0) is 12.1. The molecule has 3 N–H and O–H groups in total. The van der Waals surface area contributed by atoms with Gasteiger partial charge in [0.1, 0.15) is 13.1 Å². The molecule has 1 heterocycles. The van der Waals surface area contributed by atoms with Crippen LogP contribution < -0.4 is 5.32 Å². The van der Waals surface area contributed by atoms with Gasteiger partial charge in [0.05, 0.1) is 5.92 Å². The van der Waals surface area contributed by atoms with Crippen LogP contribution in [0.15, 0.2) is 0 Å². The fourth-order valence-corrected chi connectivity index (χ4v) is 1.66. The maximum Gasteiger partial charge on any atom is 0.323 e. The Morgan fingerprint density at radius 3 is 2.12 bits per heavy atom. The van der Waals surface area contributed by atoms with Crippen LogP contribution in [0.1, 0.15) is 6.42 Å². The van der Waals surface area contributed by atoms with Crippen molar-refractivity contribution in [2.24, 2.45) is 5.92 Å². The van der Waals surface area contributed by atoms with Crippen LogP contribution in [0.2, 0.25) is 0 Å². The fraction of sp³-hybridized carbons (Fsp3) is 0.667. The topological polar surface area (TPSA) is 107 Å². The highest BCUT2D eigenvalue weighted by molar-refractivity contribution is 5.86. The maximum atomic E-state index is 11.8. The number of nitrogens with one attached hydrogen (secondary N) is 1. The summed E-state index contributed by atoms with van der Waals surface area (Å²) in [5.41, 5.74) is 0. The van der Waals surface area contributed by atoms with Gasteiger partial charge in [-0.25, -0.2) is 0 Å². The van der Waals surface area contributed by atoms with Crippen LogP contribution in [0.25, 0.3) is 0 Å². The molecule has 1 aliphatic heterocycles. The van der Waals surface area contributed by atoms with Crippen LogP contribution in [-0.4, -0.2) is 59.1 Å². The molecule has 0 radical (unpaired) electrons. The van der Waals surface area contributed by atoms with E-state index in [1.54, 1.807) is 0 Å². The first-order chi connectivity index (χ1) is 7.50. The van der Waals surface area contributed by atoms with Crippen molar-refractivity contribution < 1.29 is 24.6 Å². The van der Waals surface area contributed by atoms with E-state index < -0.39 is 30.9 Å². The molecule has 16 heavy (non-hydrogen) atoms. The average molecular weight is 230 g/mol. The Morgan fingerprint density at radius 2 is 1.75 bits per heavy atom. The minimum atomic E-state index is -1.21. The van der Waals surface area contributed by atoms with Crippen molar-refractivity contribution in [1.29, 1.82) is 0 Å². The molecule has 90 valence electrons. The van der Waals surface area contributed by atoms with Crippen molar-refractivity contribution in [3.05, 3.63) is 0 Å². The number of carbonyl (C=O) groups excluding carboxylic acids is 1. The second-order valence-electron chi connectivity index (χ2n) is 3.67. The molecule has 0 aromatic carbocycles. The van der Waals surface area contributed by atoms with Gasteiger partial charge >= 0.3 is 11.9 Å². The molecule has 7 heteroatoms. The zero-order valence-corrected chi connectivity index (χ0v) is 8.68. The highest BCUT2D eigenvalue weighted by Gasteiger charge is 2.29. The molecular formula is C9H14N2O5. The Bertz CT molecular complexity index is 282. The van der Waals surface area contributed by atoms with E-state index in [0.29, 0.717) is 19.5 Å². The highest BCUT2D eigenvalue weighted by atomic mass is 16.4. The van der Waals surface area contributed by atoms with Crippen LogP contribution in [-0.2, 0) is 14.4 Å². The number of rotatable bonds is 5. The third-order valence-corrected chi connectivity index (χ3v) is 2.37. The van der Waals surface area contributed by atoms with E-state index >= 15 is 0 Å². The summed E-state index contributed by atoms with van der Waals surface area (Å²) in [6, 6.07) is 0. The molecule has 0 aromatic rings. The number of aliphatic carboxylic acids is 2. The summed E-state index contributed by atoms with van der Waals surface area (Å²) < 4.78 is 0. The second-order valence-corrected chi connectivity index (χ2v) is 3.67. The lowest BCUT2D eigenvalue weighted by atomic mass is 10.1. The number of hydrogen-bond donors (Lipinski definition) is 3. The number of amides is 1. The molecule has 0 aromatic heterocycles. The van der Waals surface area contributed by atoms with Crippen LogP contribution in [0, 0.1) is 5.92 Å². The molecule has 1 unspecified atom stereocenters. The third kappa shape index (κ3) is 3.50. The van der Waals surface area contributed by atoms with E-state index in [1.807, 2.05) is 0 Å². The molecule has 7 nitrogen and oxygen atoms in total. The lowest BCUT2D eigenvalue weighted by molar-refractivity contribution is -0.150. The molecule has 1 saturated heterocycles. The number of carboxylic acid groups (broad SMARTS) is 2. The summed E-state index contributed by atoms with van der Waals surface area (Å²) in [5, 5.41) is 20.1. The average Bonchev–Trinajstić information content (AvgIpc) is 2.66. The van der Waals surface area contributed by atoms with E-state index in [9.17, 15) is 14.4 Å². The van der Waals surface area contributed by atoms with Crippen LogP contribution in [0.3, 0.4) is 0 Å². The summed E-state index contributed by atoms with van der Waals surface area (Å²) in [5.74, 6) is -3.13. The lowest BCUT2D eigenvalue weighted by Gasteiger charge is -2.21. The maximum absolute atomic E-state index is 11.8. The van der Waals surface area contributed by atoms with Crippen LogP contribution in [0.4, 0.5) is 0 Å². The number of nitrogens with zero attached hydrogens (tertiary/aromatic N) is 1. The van der Waals surface area contributed by atoms with Crippen molar-refractivity contribution >= 4 is 17.8 Å². The Balaban J connectivity index is 2.62. The van der Waals surface area contributed by atoms with E-state index in [-0.39, 0.29) is 5.92 Å². The monoisotopic (exact) mass is 230 g/mol. The smallest absolute Gasteiger partial charge is 0.323 e. The molecule has 1 amide bonds. The standard InChI is InChI=1S/C9H14N2O5/c12-7(13)4-11(5-8(14)15)9(16)6-1-2-10-3-6/h6,10H,1-5H2,(H,12,13)(H,14,15). The molecule has 1 rings (SSSR count). The first-order valence-electron chi connectivity index (χ1n) is 4.94. The van der Waals surface area contributed by atoms with Crippen molar-refractivity contribution in [2.45, 2.75) is 6.42 Å².